The summed E-state index contributed by atoms with van der Waals surface area (Å²) >= 11 is 1.51. The van der Waals surface area contributed by atoms with Gasteiger partial charge < -0.3 is 14.6 Å². The van der Waals surface area contributed by atoms with Crippen LogP contribution in [0.5, 0.6) is 0 Å². The molecular formula is C18H19N3O3S. The number of furan rings is 1. The van der Waals surface area contributed by atoms with Crippen LogP contribution in [0, 0.1) is 0 Å². The molecule has 0 radical (unpaired) electrons. The van der Waals surface area contributed by atoms with Crippen LogP contribution in [0.15, 0.2) is 40.8 Å². The van der Waals surface area contributed by atoms with Crippen LogP contribution in [0.4, 0.5) is 0 Å². The monoisotopic (exact) mass is 357 g/mol. The van der Waals surface area contributed by atoms with Crippen molar-refractivity contribution in [3.05, 3.63) is 42.2 Å². The Morgan fingerprint density at radius 3 is 2.72 bits per heavy atom. The summed E-state index contributed by atoms with van der Waals surface area (Å²) in [6, 6.07) is 11.2. The van der Waals surface area contributed by atoms with E-state index in [1.165, 1.54) is 16.2 Å². The van der Waals surface area contributed by atoms with E-state index in [2.05, 4.69) is 10.3 Å². The van der Waals surface area contributed by atoms with Crippen molar-refractivity contribution in [1.29, 1.82) is 0 Å². The largest absolute Gasteiger partial charge is 0.448 e. The summed E-state index contributed by atoms with van der Waals surface area (Å²) in [6.45, 7) is 3.72. The Balaban J connectivity index is 1.74. The Hall–Kier alpha value is -2.67. The summed E-state index contributed by atoms with van der Waals surface area (Å²) in [4.78, 5) is 30.0. The van der Waals surface area contributed by atoms with E-state index in [0.717, 1.165) is 15.2 Å². The van der Waals surface area contributed by atoms with Gasteiger partial charge in [0.1, 0.15) is 0 Å². The lowest BCUT2D eigenvalue weighted by Gasteiger charge is -2.16. The first-order valence-corrected chi connectivity index (χ1v) is 8.76. The third-order valence-electron chi connectivity index (χ3n) is 3.50. The van der Waals surface area contributed by atoms with Crippen molar-refractivity contribution < 1.29 is 14.0 Å². The van der Waals surface area contributed by atoms with Crippen molar-refractivity contribution >= 4 is 33.4 Å². The van der Waals surface area contributed by atoms with E-state index in [9.17, 15) is 9.59 Å². The molecule has 25 heavy (non-hydrogen) atoms. The molecule has 0 bridgehead atoms. The van der Waals surface area contributed by atoms with E-state index in [0.29, 0.717) is 5.76 Å². The number of thiazole rings is 1. The lowest BCUT2D eigenvalue weighted by Crippen LogP contribution is -2.40. The number of hydrogen-bond donors (Lipinski definition) is 1. The SMILES string of the molecule is CC(C)NC(=O)CN(C)C(=O)c1ccc(-c2nc3ccccc3s2)o1. The molecule has 3 aromatic rings. The van der Waals surface area contributed by atoms with Crippen molar-refractivity contribution in [2.45, 2.75) is 19.9 Å². The number of para-hydroxylation sites is 1. The zero-order chi connectivity index (χ0) is 18.0. The number of hydrogen-bond acceptors (Lipinski definition) is 5. The third-order valence-corrected chi connectivity index (χ3v) is 4.55. The second kappa shape index (κ2) is 7.06. The Morgan fingerprint density at radius 2 is 2.00 bits per heavy atom. The highest BCUT2D eigenvalue weighted by molar-refractivity contribution is 7.21. The molecule has 2 aromatic heterocycles. The first-order valence-electron chi connectivity index (χ1n) is 7.94. The summed E-state index contributed by atoms with van der Waals surface area (Å²) in [5, 5.41) is 3.48. The molecule has 0 atom stereocenters. The number of benzene rings is 1. The summed E-state index contributed by atoms with van der Waals surface area (Å²) in [7, 11) is 1.57. The molecule has 0 saturated heterocycles. The predicted molar refractivity (Wildman–Crippen MR) is 97.6 cm³/mol. The second-order valence-electron chi connectivity index (χ2n) is 6.03. The van der Waals surface area contributed by atoms with E-state index in [4.69, 9.17) is 4.42 Å². The molecule has 1 N–H and O–H groups in total. The lowest BCUT2D eigenvalue weighted by atomic mass is 10.3. The molecule has 1 aromatic carbocycles. The molecule has 0 unspecified atom stereocenters. The molecule has 0 aliphatic heterocycles. The number of rotatable bonds is 5. The summed E-state index contributed by atoms with van der Waals surface area (Å²) in [5.74, 6) is 0.189. The fraction of sp³-hybridized carbons (Fsp3) is 0.278. The first-order chi connectivity index (χ1) is 11.9. The second-order valence-corrected chi connectivity index (χ2v) is 7.06. The molecule has 2 amide bonds. The van der Waals surface area contributed by atoms with E-state index < -0.39 is 0 Å². The molecule has 7 heteroatoms. The van der Waals surface area contributed by atoms with Gasteiger partial charge in [-0.2, -0.15) is 0 Å². The fourth-order valence-corrected chi connectivity index (χ4v) is 3.32. The number of amides is 2. The highest BCUT2D eigenvalue weighted by atomic mass is 32.1. The zero-order valence-corrected chi connectivity index (χ0v) is 15.1. The van der Waals surface area contributed by atoms with Gasteiger partial charge in [-0.3, -0.25) is 9.59 Å². The van der Waals surface area contributed by atoms with E-state index >= 15 is 0 Å². The van der Waals surface area contributed by atoms with Gasteiger partial charge in [0.25, 0.3) is 5.91 Å². The van der Waals surface area contributed by atoms with Gasteiger partial charge in [0.2, 0.25) is 5.91 Å². The lowest BCUT2D eigenvalue weighted by molar-refractivity contribution is -0.122. The van der Waals surface area contributed by atoms with Crippen molar-refractivity contribution in [1.82, 2.24) is 15.2 Å². The minimum absolute atomic E-state index is 0.0197. The van der Waals surface area contributed by atoms with Gasteiger partial charge in [-0.15, -0.1) is 11.3 Å². The van der Waals surface area contributed by atoms with Crippen LogP contribution in [0.3, 0.4) is 0 Å². The first kappa shape index (κ1) is 17.2. The minimum Gasteiger partial charge on any atom is -0.448 e. The van der Waals surface area contributed by atoms with Crippen LogP contribution in [0.2, 0.25) is 0 Å². The number of carbonyl (C=O) groups excluding carboxylic acids is 2. The highest BCUT2D eigenvalue weighted by Gasteiger charge is 2.20. The van der Waals surface area contributed by atoms with Gasteiger partial charge in [-0.1, -0.05) is 12.1 Å². The number of fused-ring (bicyclic) bond motifs is 1. The van der Waals surface area contributed by atoms with Gasteiger partial charge in [-0.05, 0) is 38.1 Å². The molecule has 6 nitrogen and oxygen atoms in total. The van der Waals surface area contributed by atoms with Crippen LogP contribution in [0.25, 0.3) is 21.0 Å². The Kier molecular flexibility index (Phi) is 4.85. The quantitative estimate of drug-likeness (QED) is 0.761. The van der Waals surface area contributed by atoms with E-state index in [1.807, 2.05) is 38.1 Å². The summed E-state index contributed by atoms with van der Waals surface area (Å²) in [6.07, 6.45) is 0. The van der Waals surface area contributed by atoms with Gasteiger partial charge in [0.05, 0.1) is 16.8 Å². The average Bonchev–Trinajstić information content (AvgIpc) is 3.19. The highest BCUT2D eigenvalue weighted by Crippen LogP contribution is 2.31. The minimum atomic E-state index is -0.341. The van der Waals surface area contributed by atoms with Gasteiger partial charge in [-0.25, -0.2) is 4.98 Å². The van der Waals surface area contributed by atoms with Crippen LogP contribution in [-0.2, 0) is 4.79 Å². The Labute approximate surface area is 149 Å². The van der Waals surface area contributed by atoms with Crippen molar-refractivity contribution in [3.63, 3.8) is 0 Å². The van der Waals surface area contributed by atoms with Gasteiger partial charge in [0.15, 0.2) is 16.5 Å². The number of aromatic nitrogens is 1. The number of carbonyl (C=O) groups is 2. The maximum absolute atomic E-state index is 12.4. The molecule has 3 rings (SSSR count). The number of likely N-dealkylation sites (N-methyl/N-ethyl adjacent to an activating group) is 1. The van der Waals surface area contributed by atoms with Crippen LogP contribution < -0.4 is 5.32 Å². The smallest absolute Gasteiger partial charge is 0.289 e. The van der Waals surface area contributed by atoms with Crippen LogP contribution in [0.1, 0.15) is 24.4 Å². The fourth-order valence-electron chi connectivity index (χ4n) is 2.39. The molecule has 0 fully saturated rings. The number of nitrogens with zero attached hydrogens (tertiary/aromatic N) is 2. The Bertz CT molecular complexity index is 880. The average molecular weight is 357 g/mol. The Morgan fingerprint density at radius 1 is 1.24 bits per heavy atom. The van der Waals surface area contributed by atoms with E-state index in [1.54, 1.807) is 19.2 Å². The van der Waals surface area contributed by atoms with Crippen molar-refractivity contribution in [2.24, 2.45) is 0 Å². The topological polar surface area (TPSA) is 75.4 Å². The summed E-state index contributed by atoms with van der Waals surface area (Å²) < 4.78 is 6.73. The third kappa shape index (κ3) is 3.88. The summed E-state index contributed by atoms with van der Waals surface area (Å²) in [5.41, 5.74) is 0.897. The maximum atomic E-state index is 12.4. The van der Waals surface area contributed by atoms with Crippen LogP contribution >= 0.6 is 11.3 Å². The standard InChI is InChI=1S/C18H19N3O3S/c1-11(2)19-16(22)10-21(3)18(23)14-9-8-13(24-14)17-20-12-6-4-5-7-15(12)25-17/h4-9,11H,10H2,1-3H3,(H,19,22). The maximum Gasteiger partial charge on any atom is 0.289 e. The zero-order valence-electron chi connectivity index (χ0n) is 14.3. The molecular weight excluding hydrogens is 338 g/mol. The molecule has 130 valence electrons. The number of nitrogens with one attached hydrogen (secondary N) is 1. The van der Waals surface area contributed by atoms with Crippen LogP contribution in [-0.4, -0.2) is 41.3 Å². The predicted octanol–water partition coefficient (Wildman–Crippen LogP) is 3.15. The molecule has 0 aliphatic carbocycles. The molecule has 0 spiro atoms. The van der Waals surface area contributed by atoms with E-state index in [-0.39, 0.29) is 30.2 Å². The van der Waals surface area contributed by atoms with Gasteiger partial charge in [0, 0.05) is 13.1 Å². The van der Waals surface area contributed by atoms with Gasteiger partial charge >= 0.3 is 0 Å². The molecule has 2 heterocycles. The molecule has 0 aliphatic rings. The normalized spacial score (nSPS) is 11.0. The van der Waals surface area contributed by atoms with Crippen molar-refractivity contribution in [2.75, 3.05) is 13.6 Å². The van der Waals surface area contributed by atoms with Crippen molar-refractivity contribution in [3.8, 4) is 10.8 Å². The molecule has 0 saturated carbocycles.